The first-order valence-electron chi connectivity index (χ1n) is 9.99. The topological polar surface area (TPSA) is 24.9 Å². The van der Waals surface area contributed by atoms with Crippen molar-refractivity contribution in [3.8, 4) is 0 Å². The maximum absolute atomic E-state index is 14.0. The molecule has 5 rings (SSSR count). The Morgan fingerprint density at radius 3 is 2.50 bits per heavy atom. The van der Waals surface area contributed by atoms with Crippen molar-refractivity contribution in [3.05, 3.63) is 59.7 Å². The van der Waals surface area contributed by atoms with E-state index in [1.807, 2.05) is 18.2 Å². The Balaban J connectivity index is 1.39. The van der Waals surface area contributed by atoms with Gasteiger partial charge in [-0.2, -0.15) is 0 Å². The summed E-state index contributed by atoms with van der Waals surface area (Å²) in [5, 5.41) is 0. The van der Waals surface area contributed by atoms with Crippen molar-refractivity contribution >= 4 is 11.4 Å². The third-order valence-corrected chi connectivity index (χ3v) is 6.12. The predicted octanol–water partition coefficient (Wildman–Crippen LogP) is 4.04. The van der Waals surface area contributed by atoms with E-state index in [0.29, 0.717) is 13.2 Å². The molecule has 4 nitrogen and oxygen atoms in total. The first kappa shape index (κ1) is 18.0. The molecule has 2 fully saturated rings. The number of ether oxygens (including phenoxy) is 2. The minimum atomic E-state index is -0.245. The van der Waals surface area contributed by atoms with Crippen LogP contribution < -0.4 is 4.90 Å². The second-order valence-electron chi connectivity index (χ2n) is 7.77. The van der Waals surface area contributed by atoms with Crippen LogP contribution >= 0.6 is 0 Å². The fraction of sp³-hybridized carbons (Fsp3) is 0.455. The van der Waals surface area contributed by atoms with Gasteiger partial charge in [0, 0.05) is 49.4 Å². The molecule has 0 radical (unpaired) electrons. The fourth-order valence-corrected chi connectivity index (χ4v) is 4.84. The first-order valence-corrected chi connectivity index (χ1v) is 9.99. The molecule has 28 heavy (non-hydrogen) atoms. The van der Waals surface area contributed by atoms with E-state index >= 15 is 0 Å². The lowest BCUT2D eigenvalue weighted by Gasteiger charge is -2.39. The highest BCUT2D eigenvalue weighted by Crippen LogP contribution is 2.48. The molecule has 6 heteroatoms. The molecule has 0 spiro atoms. The summed E-state index contributed by atoms with van der Waals surface area (Å²) in [6, 6.07) is 11.9. The predicted molar refractivity (Wildman–Crippen MR) is 103 cm³/mol. The molecule has 3 heterocycles. The number of rotatable bonds is 4. The van der Waals surface area contributed by atoms with Crippen LogP contribution in [0.3, 0.4) is 0 Å². The number of anilines is 2. The van der Waals surface area contributed by atoms with Gasteiger partial charge in [-0.1, -0.05) is 0 Å². The summed E-state index contributed by atoms with van der Waals surface area (Å²) < 4.78 is 38.6. The normalized spacial score (nSPS) is 25.1. The molecular weight excluding hydrogens is 362 g/mol. The highest BCUT2D eigenvalue weighted by Gasteiger charge is 2.42. The number of fused-ring (bicyclic) bond motifs is 3. The Labute approximate surface area is 163 Å². The fourth-order valence-electron chi connectivity index (χ4n) is 4.84. The van der Waals surface area contributed by atoms with Gasteiger partial charge in [0.05, 0.1) is 13.2 Å². The van der Waals surface area contributed by atoms with Gasteiger partial charge in [0.15, 0.2) is 6.29 Å². The van der Waals surface area contributed by atoms with Crippen molar-refractivity contribution in [3.63, 3.8) is 0 Å². The van der Waals surface area contributed by atoms with Crippen LogP contribution in [0.15, 0.2) is 42.5 Å². The monoisotopic (exact) mass is 386 g/mol. The van der Waals surface area contributed by atoms with Gasteiger partial charge in [-0.25, -0.2) is 8.78 Å². The molecule has 0 amide bonds. The van der Waals surface area contributed by atoms with Gasteiger partial charge in [-0.15, -0.1) is 0 Å². The van der Waals surface area contributed by atoms with E-state index in [9.17, 15) is 8.78 Å². The van der Waals surface area contributed by atoms with E-state index in [-0.39, 0.29) is 29.9 Å². The zero-order valence-corrected chi connectivity index (χ0v) is 15.7. The zero-order valence-electron chi connectivity index (χ0n) is 15.7. The van der Waals surface area contributed by atoms with Crippen molar-refractivity contribution in [2.24, 2.45) is 0 Å². The second kappa shape index (κ2) is 7.43. The molecule has 0 saturated carbocycles. The van der Waals surface area contributed by atoms with Crippen LogP contribution in [0.2, 0.25) is 0 Å². The van der Waals surface area contributed by atoms with Crippen molar-refractivity contribution in [1.82, 2.24) is 4.90 Å². The molecule has 2 unspecified atom stereocenters. The van der Waals surface area contributed by atoms with Crippen LogP contribution in [-0.4, -0.2) is 50.1 Å². The van der Waals surface area contributed by atoms with Crippen LogP contribution in [0.25, 0.3) is 0 Å². The van der Waals surface area contributed by atoms with Crippen molar-refractivity contribution in [2.45, 2.75) is 31.1 Å². The third-order valence-electron chi connectivity index (χ3n) is 6.12. The molecule has 0 N–H and O–H groups in total. The average Bonchev–Trinajstić information content (AvgIpc) is 3.33. The van der Waals surface area contributed by atoms with Crippen LogP contribution in [0.1, 0.15) is 24.3 Å². The molecule has 0 aliphatic carbocycles. The summed E-state index contributed by atoms with van der Waals surface area (Å²) in [6.07, 6.45) is 1.74. The molecule has 3 aliphatic rings. The van der Waals surface area contributed by atoms with Gasteiger partial charge < -0.3 is 19.3 Å². The van der Waals surface area contributed by atoms with Crippen LogP contribution in [0.4, 0.5) is 20.2 Å². The van der Waals surface area contributed by atoms with E-state index in [2.05, 4.69) is 9.80 Å². The lowest BCUT2D eigenvalue weighted by molar-refractivity contribution is -0.0526. The quantitative estimate of drug-likeness (QED) is 0.792. The minimum absolute atomic E-state index is 0.0956. The Hall–Kier alpha value is -2.02. The molecule has 2 atom stereocenters. The molecular formula is C22H24F2N2O2. The van der Waals surface area contributed by atoms with Crippen LogP contribution in [0.5, 0.6) is 0 Å². The molecule has 2 aromatic rings. The number of nitrogens with zero attached hydrogens (tertiary/aromatic N) is 2. The molecule has 2 saturated heterocycles. The SMILES string of the molecule is Fc1ccc(N2c3ccc(F)cc3C3CN(CCC4OCCO4)CCC32)cc1. The summed E-state index contributed by atoms with van der Waals surface area (Å²) in [6.45, 7) is 4.12. The minimum Gasteiger partial charge on any atom is -0.350 e. The summed E-state index contributed by atoms with van der Waals surface area (Å²) in [5.41, 5.74) is 3.04. The number of piperidine rings is 1. The van der Waals surface area contributed by atoms with Crippen LogP contribution in [-0.2, 0) is 9.47 Å². The lowest BCUT2D eigenvalue weighted by atomic mass is 9.89. The van der Waals surface area contributed by atoms with Gasteiger partial charge in [-0.05, 0) is 54.4 Å². The number of hydrogen-bond acceptors (Lipinski definition) is 4. The van der Waals surface area contributed by atoms with Gasteiger partial charge in [0.2, 0.25) is 0 Å². The number of benzene rings is 2. The molecule has 0 bridgehead atoms. The largest absolute Gasteiger partial charge is 0.350 e. The summed E-state index contributed by atoms with van der Waals surface area (Å²) in [4.78, 5) is 4.69. The third kappa shape index (κ3) is 3.30. The summed E-state index contributed by atoms with van der Waals surface area (Å²) in [5.74, 6) is -0.219. The first-order chi connectivity index (χ1) is 13.7. The standard InChI is InChI=1S/C22H24F2N2O2/c23-15-1-4-17(5-2-15)26-20-6-3-16(24)13-18(20)19-14-25(9-7-21(19)26)10-8-22-27-11-12-28-22/h1-6,13,19,21-22H,7-12,14H2. The Morgan fingerprint density at radius 1 is 0.964 bits per heavy atom. The summed E-state index contributed by atoms with van der Waals surface area (Å²) >= 11 is 0. The Kier molecular flexibility index (Phi) is 4.78. The molecule has 0 aromatic heterocycles. The maximum atomic E-state index is 14.0. The summed E-state index contributed by atoms with van der Waals surface area (Å²) in [7, 11) is 0. The van der Waals surface area contributed by atoms with Gasteiger partial charge in [0.25, 0.3) is 0 Å². The molecule has 3 aliphatic heterocycles. The van der Waals surface area contributed by atoms with E-state index < -0.39 is 0 Å². The average molecular weight is 386 g/mol. The number of halogens is 2. The van der Waals surface area contributed by atoms with E-state index in [0.717, 1.165) is 49.4 Å². The highest BCUT2D eigenvalue weighted by molar-refractivity contribution is 5.73. The molecule has 2 aromatic carbocycles. The maximum Gasteiger partial charge on any atom is 0.159 e. The highest BCUT2D eigenvalue weighted by atomic mass is 19.1. The van der Waals surface area contributed by atoms with E-state index in [1.54, 1.807) is 6.07 Å². The van der Waals surface area contributed by atoms with Crippen LogP contribution in [0, 0.1) is 11.6 Å². The van der Waals surface area contributed by atoms with Crippen molar-refractivity contribution in [2.75, 3.05) is 37.7 Å². The van der Waals surface area contributed by atoms with Gasteiger partial charge >= 0.3 is 0 Å². The molecule has 148 valence electrons. The Bertz CT molecular complexity index is 839. The lowest BCUT2D eigenvalue weighted by Crippen LogP contribution is -2.45. The smallest absolute Gasteiger partial charge is 0.159 e. The van der Waals surface area contributed by atoms with Crippen molar-refractivity contribution in [1.29, 1.82) is 0 Å². The second-order valence-corrected chi connectivity index (χ2v) is 7.77. The van der Waals surface area contributed by atoms with Gasteiger partial charge in [-0.3, -0.25) is 0 Å². The number of hydrogen-bond donors (Lipinski definition) is 0. The van der Waals surface area contributed by atoms with Crippen molar-refractivity contribution < 1.29 is 18.3 Å². The van der Waals surface area contributed by atoms with E-state index in [4.69, 9.17) is 9.47 Å². The van der Waals surface area contributed by atoms with E-state index in [1.165, 1.54) is 18.2 Å². The zero-order chi connectivity index (χ0) is 19.1. The number of likely N-dealkylation sites (tertiary alicyclic amines) is 1. The van der Waals surface area contributed by atoms with Gasteiger partial charge in [0.1, 0.15) is 11.6 Å². The Morgan fingerprint density at radius 2 is 1.71 bits per heavy atom.